The maximum Gasteiger partial charge on any atom is 0.119 e. The number of hydrogen-bond donors (Lipinski definition) is 1. The van der Waals surface area contributed by atoms with Crippen LogP contribution in [0.1, 0.15) is 26.3 Å². The summed E-state index contributed by atoms with van der Waals surface area (Å²) in [6.07, 6.45) is 0. The fraction of sp³-hybridized carbons (Fsp3) is 0.600. The minimum atomic E-state index is 0.255. The van der Waals surface area contributed by atoms with E-state index in [1.54, 1.807) is 7.11 Å². The third-order valence-electron chi connectivity index (χ3n) is 4.90. The van der Waals surface area contributed by atoms with Crippen LogP contribution in [0.2, 0.25) is 0 Å². The van der Waals surface area contributed by atoms with Crippen molar-refractivity contribution in [1.29, 1.82) is 0 Å². The Bertz CT molecular complexity index is 413. The van der Waals surface area contributed by atoms with E-state index in [0.717, 1.165) is 12.3 Å². The summed E-state index contributed by atoms with van der Waals surface area (Å²) >= 11 is 0. The van der Waals surface area contributed by atoms with Gasteiger partial charge < -0.3 is 10.1 Å². The van der Waals surface area contributed by atoms with Gasteiger partial charge in [-0.1, -0.05) is 32.9 Å². The highest BCUT2D eigenvalue weighted by molar-refractivity contribution is 5.42. The van der Waals surface area contributed by atoms with Crippen molar-refractivity contribution in [3.8, 4) is 5.75 Å². The first kappa shape index (κ1) is 12.4. The highest BCUT2D eigenvalue weighted by Gasteiger charge is 2.67. The van der Waals surface area contributed by atoms with E-state index < -0.39 is 0 Å². The third kappa shape index (κ3) is 1.66. The van der Waals surface area contributed by atoms with E-state index in [0.29, 0.717) is 11.3 Å². The summed E-state index contributed by atoms with van der Waals surface area (Å²) in [7, 11) is 3.75. The van der Waals surface area contributed by atoms with E-state index in [1.807, 2.05) is 13.1 Å². The maximum absolute atomic E-state index is 5.33. The minimum absolute atomic E-state index is 0.255. The molecule has 1 aliphatic carbocycles. The van der Waals surface area contributed by atoms with Crippen LogP contribution in [0, 0.1) is 11.3 Å². The second kappa shape index (κ2) is 4.02. The largest absolute Gasteiger partial charge is 0.497 e. The number of nitrogens with one attached hydrogen (secondary N) is 1. The molecule has 1 aromatic rings. The lowest BCUT2D eigenvalue weighted by molar-refractivity contribution is 0.413. The van der Waals surface area contributed by atoms with Gasteiger partial charge in [0.15, 0.2) is 0 Å². The summed E-state index contributed by atoms with van der Waals surface area (Å²) in [5.74, 6) is 1.64. The molecule has 1 saturated carbocycles. The maximum atomic E-state index is 5.33. The van der Waals surface area contributed by atoms with Gasteiger partial charge >= 0.3 is 0 Å². The highest BCUT2D eigenvalue weighted by atomic mass is 16.5. The molecule has 0 aromatic heterocycles. The quantitative estimate of drug-likeness (QED) is 0.863. The van der Waals surface area contributed by atoms with Gasteiger partial charge in [-0.3, -0.25) is 0 Å². The second-order valence-electron chi connectivity index (χ2n) is 5.77. The van der Waals surface area contributed by atoms with Crippen LogP contribution in [0.15, 0.2) is 24.3 Å². The fourth-order valence-corrected chi connectivity index (χ4v) is 3.28. The van der Waals surface area contributed by atoms with Crippen LogP contribution >= 0.6 is 0 Å². The van der Waals surface area contributed by atoms with Crippen molar-refractivity contribution in [2.75, 3.05) is 20.7 Å². The first-order valence-corrected chi connectivity index (χ1v) is 6.27. The molecule has 0 saturated heterocycles. The Labute approximate surface area is 104 Å². The number of benzene rings is 1. The van der Waals surface area contributed by atoms with Crippen LogP contribution in [0.5, 0.6) is 5.75 Å². The minimum Gasteiger partial charge on any atom is -0.497 e. The molecule has 0 radical (unpaired) electrons. The molecule has 0 bridgehead atoms. The zero-order valence-corrected chi connectivity index (χ0v) is 11.5. The lowest BCUT2D eigenvalue weighted by Gasteiger charge is -2.16. The summed E-state index contributed by atoms with van der Waals surface area (Å²) in [6, 6.07) is 8.50. The van der Waals surface area contributed by atoms with E-state index in [-0.39, 0.29) is 5.41 Å². The number of hydrogen-bond acceptors (Lipinski definition) is 2. The van der Waals surface area contributed by atoms with Crippen molar-refractivity contribution >= 4 is 0 Å². The number of methoxy groups -OCH3 is 1. The van der Waals surface area contributed by atoms with Crippen LogP contribution in [0.25, 0.3) is 0 Å². The van der Waals surface area contributed by atoms with E-state index in [2.05, 4.69) is 44.3 Å². The van der Waals surface area contributed by atoms with Crippen molar-refractivity contribution in [1.82, 2.24) is 5.32 Å². The molecule has 2 atom stereocenters. The molecule has 17 heavy (non-hydrogen) atoms. The lowest BCUT2D eigenvalue weighted by atomic mass is 9.89. The average Bonchev–Trinajstić information content (AvgIpc) is 2.76. The number of ether oxygens (including phenoxy) is 1. The summed E-state index contributed by atoms with van der Waals surface area (Å²) in [5.41, 5.74) is 1.99. The van der Waals surface area contributed by atoms with Crippen molar-refractivity contribution in [3.63, 3.8) is 0 Å². The summed E-state index contributed by atoms with van der Waals surface area (Å²) in [6.45, 7) is 8.15. The van der Waals surface area contributed by atoms with Crippen molar-refractivity contribution in [3.05, 3.63) is 29.8 Å². The highest BCUT2D eigenvalue weighted by Crippen LogP contribution is 2.69. The fourth-order valence-electron chi connectivity index (χ4n) is 3.28. The Kier molecular flexibility index (Phi) is 2.94. The molecule has 1 fully saturated rings. The molecule has 2 rings (SSSR count). The molecule has 0 spiro atoms. The monoisotopic (exact) mass is 233 g/mol. The first-order valence-electron chi connectivity index (χ1n) is 6.27. The van der Waals surface area contributed by atoms with Gasteiger partial charge in [0.1, 0.15) is 5.75 Å². The average molecular weight is 233 g/mol. The Morgan fingerprint density at radius 3 is 2.59 bits per heavy atom. The molecule has 1 aliphatic rings. The van der Waals surface area contributed by atoms with Gasteiger partial charge in [-0.25, -0.2) is 0 Å². The second-order valence-corrected chi connectivity index (χ2v) is 5.77. The Balaban J connectivity index is 2.33. The van der Waals surface area contributed by atoms with Crippen LogP contribution in [-0.4, -0.2) is 20.7 Å². The van der Waals surface area contributed by atoms with Crippen LogP contribution < -0.4 is 10.1 Å². The topological polar surface area (TPSA) is 21.3 Å². The molecule has 2 heteroatoms. The third-order valence-corrected chi connectivity index (χ3v) is 4.90. The molecule has 94 valence electrons. The Hall–Kier alpha value is -1.02. The normalized spacial score (nSPS) is 30.1. The smallest absolute Gasteiger partial charge is 0.119 e. The molecule has 1 aromatic carbocycles. The van der Waals surface area contributed by atoms with E-state index >= 15 is 0 Å². The molecular formula is C15H23NO. The van der Waals surface area contributed by atoms with Crippen LogP contribution in [0.4, 0.5) is 0 Å². The summed E-state index contributed by atoms with van der Waals surface area (Å²) in [5, 5.41) is 3.31. The molecule has 1 N–H and O–H groups in total. The Morgan fingerprint density at radius 1 is 1.29 bits per heavy atom. The molecule has 2 unspecified atom stereocenters. The van der Waals surface area contributed by atoms with E-state index in [9.17, 15) is 0 Å². The van der Waals surface area contributed by atoms with Gasteiger partial charge in [-0.2, -0.15) is 0 Å². The van der Waals surface area contributed by atoms with Gasteiger partial charge in [0, 0.05) is 5.41 Å². The van der Waals surface area contributed by atoms with Crippen molar-refractivity contribution in [2.45, 2.75) is 26.2 Å². The SMILES string of the molecule is CNCC1C(C)(C)C1(C)c1cccc(OC)c1. The van der Waals surface area contributed by atoms with E-state index in [1.165, 1.54) is 5.56 Å². The predicted octanol–water partition coefficient (Wildman–Crippen LogP) is 2.83. The van der Waals surface area contributed by atoms with Gasteiger partial charge in [0.05, 0.1) is 7.11 Å². The van der Waals surface area contributed by atoms with Crippen molar-refractivity contribution < 1.29 is 4.74 Å². The van der Waals surface area contributed by atoms with Gasteiger partial charge in [-0.15, -0.1) is 0 Å². The first-order chi connectivity index (χ1) is 7.98. The van der Waals surface area contributed by atoms with Gasteiger partial charge in [-0.05, 0) is 42.6 Å². The van der Waals surface area contributed by atoms with Gasteiger partial charge in [0.2, 0.25) is 0 Å². The molecule has 0 heterocycles. The molecule has 2 nitrogen and oxygen atoms in total. The van der Waals surface area contributed by atoms with Crippen LogP contribution in [0.3, 0.4) is 0 Å². The zero-order valence-electron chi connectivity index (χ0n) is 11.5. The van der Waals surface area contributed by atoms with Crippen LogP contribution in [-0.2, 0) is 5.41 Å². The molecule has 0 aliphatic heterocycles. The van der Waals surface area contributed by atoms with Crippen molar-refractivity contribution in [2.24, 2.45) is 11.3 Å². The standard InChI is InChI=1S/C15H23NO/c1-14(2)13(10-16-4)15(14,3)11-7-6-8-12(9-11)17-5/h6-9,13,16H,10H2,1-5H3. The lowest BCUT2D eigenvalue weighted by Crippen LogP contribution is -2.15. The van der Waals surface area contributed by atoms with Gasteiger partial charge in [0.25, 0.3) is 0 Å². The molecule has 0 amide bonds. The predicted molar refractivity (Wildman–Crippen MR) is 71.5 cm³/mol. The Morgan fingerprint density at radius 2 is 2.00 bits per heavy atom. The van der Waals surface area contributed by atoms with E-state index in [4.69, 9.17) is 4.74 Å². The zero-order chi connectivity index (χ0) is 12.7. The summed E-state index contributed by atoms with van der Waals surface area (Å²) in [4.78, 5) is 0. The number of rotatable bonds is 4. The molecular weight excluding hydrogens is 210 g/mol. The summed E-state index contributed by atoms with van der Waals surface area (Å²) < 4.78 is 5.33.